The summed E-state index contributed by atoms with van der Waals surface area (Å²) in [5.41, 5.74) is 0.998. The number of nitrogens with zero attached hydrogens (tertiary/aromatic N) is 5. The van der Waals surface area contributed by atoms with Gasteiger partial charge in [-0.3, -0.25) is 4.57 Å². The van der Waals surface area contributed by atoms with Crippen molar-refractivity contribution < 1.29 is 23.1 Å². The predicted octanol–water partition coefficient (Wildman–Crippen LogP) is 2.07. The fourth-order valence-electron chi connectivity index (χ4n) is 1.34. The molecule has 3 aliphatic heterocycles. The van der Waals surface area contributed by atoms with Crippen LogP contribution in [0.4, 0.5) is 19.0 Å². The van der Waals surface area contributed by atoms with Crippen LogP contribution in [0.15, 0.2) is 28.7 Å². The quantitative estimate of drug-likeness (QED) is 0.795. The van der Waals surface area contributed by atoms with Crippen LogP contribution in [0.1, 0.15) is 0 Å². The van der Waals surface area contributed by atoms with Crippen molar-refractivity contribution in [2.24, 2.45) is 10.2 Å². The van der Waals surface area contributed by atoms with Crippen molar-refractivity contribution in [1.29, 1.82) is 0 Å². The van der Waals surface area contributed by atoms with E-state index in [9.17, 15) is 13.2 Å². The summed E-state index contributed by atoms with van der Waals surface area (Å²) in [6, 6.07) is 1.92. The summed E-state index contributed by atoms with van der Waals surface area (Å²) in [5.74, 6) is -1.20. The lowest BCUT2D eigenvalue weighted by Crippen LogP contribution is -2.21. The van der Waals surface area contributed by atoms with E-state index in [4.69, 9.17) is 9.90 Å². The molecule has 19 heavy (non-hydrogen) atoms. The first-order valence-corrected chi connectivity index (χ1v) is 4.87. The maximum Gasteiger partial charge on any atom is 0.490 e. The minimum Gasteiger partial charge on any atom is -0.475 e. The summed E-state index contributed by atoms with van der Waals surface area (Å²) in [4.78, 5) is 17.1. The molecule has 0 aromatic carbocycles. The van der Waals surface area contributed by atoms with Crippen LogP contribution in [0.5, 0.6) is 0 Å². The smallest absolute Gasteiger partial charge is 0.475 e. The van der Waals surface area contributed by atoms with Crippen molar-refractivity contribution in [2.45, 2.75) is 12.8 Å². The second kappa shape index (κ2) is 4.63. The van der Waals surface area contributed by atoms with Crippen molar-refractivity contribution in [3.63, 3.8) is 0 Å². The lowest BCUT2D eigenvalue weighted by Gasteiger charge is -2.04. The molecule has 0 unspecified atom stereocenters. The molecule has 0 atom stereocenters. The minimum atomic E-state index is -5.08. The zero-order chi connectivity index (χ0) is 14.0. The minimum absolute atomic E-state index is 0.583. The van der Waals surface area contributed by atoms with Crippen LogP contribution in [0.2, 0.25) is 0 Å². The molecule has 3 heterocycles. The Morgan fingerprint density at radius 1 is 1.37 bits per heavy atom. The molecule has 0 spiro atoms. The highest BCUT2D eigenvalue weighted by atomic mass is 19.4. The van der Waals surface area contributed by atoms with Gasteiger partial charge in [-0.1, -0.05) is 0 Å². The van der Waals surface area contributed by atoms with E-state index in [1.165, 1.54) is 0 Å². The number of rotatable bonds is 0. The molecule has 3 rings (SSSR count). The van der Waals surface area contributed by atoms with Gasteiger partial charge in [0, 0.05) is 6.20 Å². The maximum absolute atomic E-state index is 10.6. The number of alkyl halides is 3. The average Bonchev–Trinajstić information content (AvgIpc) is 2.96. The molecule has 0 fully saturated rings. The first kappa shape index (κ1) is 12.9. The number of halogens is 3. The number of azo groups is 1. The highest BCUT2D eigenvalue weighted by Crippen LogP contribution is 2.27. The highest BCUT2D eigenvalue weighted by Gasteiger charge is 2.38. The molecule has 3 aliphatic rings. The van der Waals surface area contributed by atoms with E-state index < -0.39 is 12.1 Å². The molecular formula is C9H6F3N5O2. The lowest BCUT2D eigenvalue weighted by atomic mass is 10.4. The number of hydrogen-bond donors (Lipinski definition) is 1. The van der Waals surface area contributed by atoms with Crippen molar-refractivity contribution in [3.8, 4) is 11.5 Å². The molecule has 10 heteroatoms. The Balaban J connectivity index is 0.000000167. The summed E-state index contributed by atoms with van der Waals surface area (Å²) >= 11 is 0. The Morgan fingerprint density at radius 2 is 2.05 bits per heavy atom. The first-order chi connectivity index (χ1) is 8.89. The fraction of sp³-hybridized carbons (Fsp3) is 0.222. The zero-order valence-corrected chi connectivity index (χ0v) is 9.16. The van der Waals surface area contributed by atoms with Gasteiger partial charge in [-0.25, -0.2) is 14.8 Å². The van der Waals surface area contributed by atoms with Gasteiger partial charge in [0.15, 0.2) is 11.6 Å². The number of carboxylic acid groups (broad SMARTS) is 1. The zero-order valence-electron chi connectivity index (χ0n) is 9.16. The van der Waals surface area contributed by atoms with E-state index in [1.807, 2.05) is 10.6 Å². The number of fused-ring (bicyclic) bond motifs is 3. The summed E-state index contributed by atoms with van der Waals surface area (Å²) in [7, 11) is 0. The van der Waals surface area contributed by atoms with E-state index in [2.05, 4.69) is 20.2 Å². The van der Waals surface area contributed by atoms with Crippen LogP contribution in [0.3, 0.4) is 0 Å². The monoisotopic (exact) mass is 273 g/mol. The van der Waals surface area contributed by atoms with Crippen molar-refractivity contribution in [3.05, 3.63) is 18.5 Å². The summed E-state index contributed by atoms with van der Waals surface area (Å²) in [6.07, 6.45) is -1.66. The van der Waals surface area contributed by atoms with Gasteiger partial charge in [0.05, 0.1) is 11.9 Å². The molecule has 0 saturated carbocycles. The number of hydrogen-bond acceptors (Lipinski definition) is 5. The third kappa shape index (κ3) is 2.67. The van der Waals surface area contributed by atoms with Crippen LogP contribution in [-0.2, 0) is 11.5 Å². The van der Waals surface area contributed by atoms with Gasteiger partial charge in [-0.15, -0.1) is 5.11 Å². The third-order valence-electron chi connectivity index (χ3n) is 2.15. The molecular weight excluding hydrogens is 267 g/mol. The van der Waals surface area contributed by atoms with Gasteiger partial charge in [0.1, 0.15) is 6.67 Å². The number of aromatic nitrogens is 3. The van der Waals surface area contributed by atoms with Crippen LogP contribution in [0.25, 0.3) is 11.5 Å². The summed E-state index contributed by atoms with van der Waals surface area (Å²) < 4.78 is 33.7. The largest absolute Gasteiger partial charge is 0.490 e. The molecule has 7 nitrogen and oxygen atoms in total. The van der Waals surface area contributed by atoms with Gasteiger partial charge in [0.25, 0.3) is 0 Å². The Kier molecular flexibility index (Phi) is 3.15. The molecule has 1 N–H and O–H groups in total. The maximum atomic E-state index is 10.6. The molecule has 0 aliphatic carbocycles. The fourth-order valence-corrected chi connectivity index (χ4v) is 1.34. The Bertz CT molecular complexity index is 607. The SMILES string of the molecule is O=C(O)C(F)(F)F.c1cc2n3c(cnc-2n1)N=NC3. The summed E-state index contributed by atoms with van der Waals surface area (Å²) in [5, 5.41) is 15.0. The third-order valence-corrected chi connectivity index (χ3v) is 2.15. The van der Waals surface area contributed by atoms with Crippen molar-refractivity contribution >= 4 is 11.8 Å². The first-order valence-electron chi connectivity index (χ1n) is 4.87. The highest BCUT2D eigenvalue weighted by molar-refractivity contribution is 5.73. The van der Waals surface area contributed by atoms with Crippen LogP contribution in [-0.4, -0.2) is 31.8 Å². The van der Waals surface area contributed by atoms with Crippen LogP contribution < -0.4 is 0 Å². The van der Waals surface area contributed by atoms with Gasteiger partial charge in [-0.05, 0) is 6.07 Å². The number of carbonyl (C=O) groups is 1. The average molecular weight is 273 g/mol. The Hall–Kier alpha value is -2.52. The predicted molar refractivity (Wildman–Crippen MR) is 54.9 cm³/mol. The molecule has 0 amide bonds. The molecule has 100 valence electrons. The standard InChI is InChI=1S/C7H5N5.C2HF3O2/c1-2-8-7-5(1)12-4-10-11-6(12)3-9-7;3-2(4,5)1(6)7/h1-3H,4H2;(H,6,7). The van der Waals surface area contributed by atoms with Gasteiger partial charge in [0.2, 0.25) is 0 Å². The number of carboxylic acids is 1. The topological polar surface area (TPSA) is 92.7 Å². The summed E-state index contributed by atoms with van der Waals surface area (Å²) in [6.45, 7) is 0.583. The lowest BCUT2D eigenvalue weighted by molar-refractivity contribution is -0.192. The second-order valence-corrected chi connectivity index (χ2v) is 3.38. The molecule has 0 radical (unpaired) electrons. The molecule has 0 aromatic rings. The van der Waals surface area contributed by atoms with E-state index in [-0.39, 0.29) is 0 Å². The van der Waals surface area contributed by atoms with Crippen molar-refractivity contribution in [1.82, 2.24) is 14.5 Å². The number of aliphatic carboxylic acids is 1. The molecule has 0 bridgehead atoms. The van der Waals surface area contributed by atoms with Crippen LogP contribution >= 0.6 is 0 Å². The second-order valence-electron chi connectivity index (χ2n) is 3.38. The van der Waals surface area contributed by atoms with E-state index in [0.29, 0.717) is 6.67 Å². The van der Waals surface area contributed by atoms with Gasteiger partial charge >= 0.3 is 12.1 Å². The van der Waals surface area contributed by atoms with Gasteiger partial charge in [-0.2, -0.15) is 18.3 Å². The van der Waals surface area contributed by atoms with E-state index >= 15 is 0 Å². The van der Waals surface area contributed by atoms with E-state index in [1.54, 1.807) is 12.4 Å². The van der Waals surface area contributed by atoms with Crippen molar-refractivity contribution in [2.75, 3.05) is 0 Å². The molecule has 0 aromatic heterocycles. The van der Waals surface area contributed by atoms with Crippen LogP contribution in [0, 0.1) is 0 Å². The molecule has 0 saturated heterocycles. The van der Waals surface area contributed by atoms with E-state index in [0.717, 1.165) is 17.3 Å². The Labute approximate surface area is 103 Å². The Morgan fingerprint density at radius 3 is 2.68 bits per heavy atom. The van der Waals surface area contributed by atoms with Gasteiger partial charge < -0.3 is 5.11 Å². The normalized spacial score (nSPS) is 13.0.